The van der Waals surface area contributed by atoms with E-state index in [1.807, 2.05) is 0 Å². The van der Waals surface area contributed by atoms with Crippen molar-refractivity contribution in [2.45, 2.75) is 45.0 Å². The van der Waals surface area contributed by atoms with Crippen LogP contribution in [0.4, 0.5) is 11.4 Å². The van der Waals surface area contributed by atoms with Crippen molar-refractivity contribution in [2.24, 2.45) is 0 Å². The Kier molecular flexibility index (Phi) is 4.96. The van der Waals surface area contributed by atoms with Crippen molar-refractivity contribution in [3.05, 3.63) is 69.8 Å². The number of esters is 1. The highest BCUT2D eigenvalue weighted by Gasteiger charge is 2.62. The first-order chi connectivity index (χ1) is 14.8. The van der Waals surface area contributed by atoms with Gasteiger partial charge in [-0.2, -0.15) is 0 Å². The fourth-order valence-electron chi connectivity index (χ4n) is 4.35. The van der Waals surface area contributed by atoms with Crippen molar-refractivity contribution in [3.8, 4) is 0 Å². The van der Waals surface area contributed by atoms with Crippen LogP contribution in [0.1, 0.15) is 42.6 Å². The minimum atomic E-state index is -1.56. The number of nitrogens with zero attached hydrogens (tertiary/aromatic N) is 3. The molecule has 0 unspecified atom stereocenters. The second kappa shape index (κ2) is 7.50. The van der Waals surface area contributed by atoms with E-state index in [0.29, 0.717) is 16.8 Å². The molecule has 0 bridgehead atoms. The maximum atomic E-state index is 13.4. The van der Waals surface area contributed by atoms with Crippen LogP contribution in [-0.2, 0) is 20.9 Å². The molecule has 2 aliphatic rings. The van der Waals surface area contributed by atoms with Crippen molar-refractivity contribution in [2.75, 3.05) is 4.90 Å². The smallest absolute Gasteiger partial charge is 0.354 e. The topological polar surface area (TPSA) is 110 Å². The highest BCUT2D eigenvalue weighted by atomic mass is 16.6. The number of rotatable bonds is 5. The minimum absolute atomic E-state index is 0.0679. The summed E-state index contributed by atoms with van der Waals surface area (Å²) in [6.07, 6.45) is 0.237. The summed E-state index contributed by atoms with van der Waals surface area (Å²) in [7, 11) is 0. The number of benzene rings is 2. The van der Waals surface area contributed by atoms with Gasteiger partial charge in [0.2, 0.25) is 11.6 Å². The van der Waals surface area contributed by atoms with Gasteiger partial charge in [0, 0.05) is 31.0 Å². The van der Waals surface area contributed by atoms with Gasteiger partial charge in [0.1, 0.15) is 6.61 Å². The molecule has 2 amide bonds. The highest BCUT2D eigenvalue weighted by Crippen LogP contribution is 2.46. The predicted molar refractivity (Wildman–Crippen MR) is 110 cm³/mol. The summed E-state index contributed by atoms with van der Waals surface area (Å²) < 4.78 is 5.57. The number of carbonyl (C=O) groups excluding carboxylic acids is 3. The van der Waals surface area contributed by atoms with Crippen LogP contribution in [-0.4, -0.2) is 39.3 Å². The number of carbonyl (C=O) groups is 3. The van der Waals surface area contributed by atoms with Gasteiger partial charge in [-0.1, -0.05) is 12.1 Å². The van der Waals surface area contributed by atoms with Crippen molar-refractivity contribution in [1.82, 2.24) is 4.90 Å². The van der Waals surface area contributed by atoms with Gasteiger partial charge in [0.25, 0.3) is 11.6 Å². The van der Waals surface area contributed by atoms with E-state index in [2.05, 4.69) is 0 Å². The summed E-state index contributed by atoms with van der Waals surface area (Å²) in [6.45, 7) is 3.44. The molecule has 0 N–H and O–H groups in total. The number of fused-ring (bicyclic) bond motifs is 3. The van der Waals surface area contributed by atoms with Crippen molar-refractivity contribution >= 4 is 29.2 Å². The lowest BCUT2D eigenvalue weighted by Gasteiger charge is -2.50. The molecule has 0 radical (unpaired) electrons. The van der Waals surface area contributed by atoms with Crippen LogP contribution < -0.4 is 4.90 Å². The Bertz CT molecular complexity index is 1080. The van der Waals surface area contributed by atoms with Crippen LogP contribution >= 0.6 is 0 Å². The molecule has 0 spiro atoms. The highest BCUT2D eigenvalue weighted by molar-refractivity contribution is 6.15. The largest absolute Gasteiger partial charge is 0.458 e. The molecule has 0 aromatic heterocycles. The van der Waals surface area contributed by atoms with Crippen LogP contribution in [0, 0.1) is 10.1 Å². The number of anilines is 1. The fraction of sp³-hybridized carbons (Fsp3) is 0.318. The van der Waals surface area contributed by atoms with E-state index in [0.717, 1.165) is 0 Å². The van der Waals surface area contributed by atoms with E-state index in [1.54, 1.807) is 38.1 Å². The fourth-order valence-corrected chi connectivity index (χ4v) is 4.35. The van der Waals surface area contributed by atoms with E-state index >= 15 is 0 Å². The van der Waals surface area contributed by atoms with Crippen LogP contribution in [0.5, 0.6) is 0 Å². The number of para-hydroxylation sites is 1. The van der Waals surface area contributed by atoms with Crippen molar-refractivity contribution in [3.63, 3.8) is 0 Å². The molecule has 9 heteroatoms. The molecule has 2 heterocycles. The lowest BCUT2D eigenvalue weighted by molar-refractivity contribution is -0.384. The summed E-state index contributed by atoms with van der Waals surface area (Å²) >= 11 is 0. The second-order valence-corrected chi connectivity index (χ2v) is 7.83. The molecule has 9 nitrogen and oxygen atoms in total. The molecule has 1 atom stereocenters. The van der Waals surface area contributed by atoms with Crippen LogP contribution in [0.25, 0.3) is 0 Å². The quantitative estimate of drug-likeness (QED) is 0.415. The van der Waals surface area contributed by atoms with E-state index in [1.165, 1.54) is 34.1 Å². The number of hydrogen-bond donors (Lipinski definition) is 0. The normalized spacial score (nSPS) is 20.0. The van der Waals surface area contributed by atoms with Gasteiger partial charge in [-0.05, 0) is 43.7 Å². The van der Waals surface area contributed by atoms with Crippen LogP contribution in [0.3, 0.4) is 0 Å². The van der Waals surface area contributed by atoms with E-state index < -0.39 is 16.6 Å². The van der Waals surface area contributed by atoms with Gasteiger partial charge < -0.3 is 9.64 Å². The standard InChI is InChI=1S/C22H21N3O6/c1-14(2)23-20(27)17-5-3-4-6-18(17)24-19(26)11-12-22(23,24)21(28)31-13-15-7-9-16(10-8-15)25(29)30/h3-10,14H,11-13H2,1-2H3/t22-/m1/s1. The Morgan fingerprint density at radius 2 is 1.84 bits per heavy atom. The summed E-state index contributed by atoms with van der Waals surface area (Å²) in [5.41, 5.74) is -0.298. The lowest BCUT2D eigenvalue weighted by atomic mass is 9.95. The molecule has 2 aromatic rings. The Morgan fingerprint density at radius 3 is 2.48 bits per heavy atom. The minimum Gasteiger partial charge on any atom is -0.458 e. The predicted octanol–water partition coefficient (Wildman–Crippen LogP) is 3.03. The third-order valence-corrected chi connectivity index (χ3v) is 5.66. The molecule has 1 fully saturated rings. The molecule has 1 saturated heterocycles. The molecule has 4 rings (SSSR count). The average Bonchev–Trinajstić information content (AvgIpc) is 3.10. The first-order valence-corrected chi connectivity index (χ1v) is 9.93. The molecule has 2 aliphatic heterocycles. The van der Waals surface area contributed by atoms with Crippen molar-refractivity contribution in [1.29, 1.82) is 0 Å². The summed E-state index contributed by atoms with van der Waals surface area (Å²) in [4.78, 5) is 52.7. The molecule has 31 heavy (non-hydrogen) atoms. The Hall–Kier alpha value is -3.75. The first-order valence-electron chi connectivity index (χ1n) is 9.93. The Balaban J connectivity index is 1.69. The first kappa shape index (κ1) is 20.5. The van der Waals surface area contributed by atoms with Crippen LogP contribution in [0.2, 0.25) is 0 Å². The molecule has 0 aliphatic carbocycles. The van der Waals surface area contributed by atoms with Crippen molar-refractivity contribution < 1.29 is 24.0 Å². The van der Waals surface area contributed by atoms with E-state index in [4.69, 9.17) is 4.74 Å². The Labute approximate surface area is 178 Å². The zero-order valence-electron chi connectivity index (χ0n) is 17.1. The number of amides is 2. The zero-order chi connectivity index (χ0) is 22.3. The number of nitro benzene ring substituents is 1. The van der Waals surface area contributed by atoms with E-state index in [9.17, 15) is 24.5 Å². The average molecular weight is 423 g/mol. The molecular formula is C22H21N3O6. The molecule has 2 aromatic carbocycles. The zero-order valence-corrected chi connectivity index (χ0v) is 17.1. The number of nitro groups is 1. The SMILES string of the molecule is CC(C)N1C(=O)c2ccccc2N2C(=O)CC[C@]21C(=O)OCc1ccc([N+](=O)[O-])cc1. The third-order valence-electron chi connectivity index (χ3n) is 5.66. The third kappa shape index (κ3) is 3.13. The maximum absolute atomic E-state index is 13.4. The molecule has 0 saturated carbocycles. The van der Waals surface area contributed by atoms with Gasteiger partial charge >= 0.3 is 5.97 Å². The summed E-state index contributed by atoms with van der Waals surface area (Å²) in [6, 6.07) is 12.0. The van der Waals surface area contributed by atoms with Gasteiger partial charge in [0.15, 0.2) is 0 Å². The van der Waals surface area contributed by atoms with Gasteiger partial charge in [-0.3, -0.25) is 24.6 Å². The molecular weight excluding hydrogens is 402 g/mol. The monoisotopic (exact) mass is 423 g/mol. The second-order valence-electron chi connectivity index (χ2n) is 7.83. The maximum Gasteiger partial charge on any atom is 0.354 e. The van der Waals surface area contributed by atoms with E-state index in [-0.39, 0.29) is 43.0 Å². The molecule has 160 valence electrons. The lowest BCUT2D eigenvalue weighted by Crippen LogP contribution is -2.70. The number of hydrogen-bond acceptors (Lipinski definition) is 6. The summed E-state index contributed by atoms with van der Waals surface area (Å²) in [5, 5.41) is 10.8. The Morgan fingerprint density at radius 1 is 1.16 bits per heavy atom. The van der Waals surface area contributed by atoms with Gasteiger partial charge in [-0.25, -0.2) is 4.79 Å². The summed E-state index contributed by atoms with van der Waals surface area (Å²) in [5.74, 6) is -1.28. The van der Waals surface area contributed by atoms with Gasteiger partial charge in [0.05, 0.1) is 16.2 Å². The number of ether oxygens (including phenoxy) is 1. The van der Waals surface area contributed by atoms with Gasteiger partial charge in [-0.15, -0.1) is 0 Å². The van der Waals surface area contributed by atoms with Crippen LogP contribution in [0.15, 0.2) is 48.5 Å². The number of non-ortho nitro benzene ring substituents is 1.